The first-order chi connectivity index (χ1) is 11.5. The summed E-state index contributed by atoms with van der Waals surface area (Å²) in [6.07, 6.45) is 7.67. The van der Waals surface area contributed by atoms with E-state index in [4.69, 9.17) is 0 Å². The molecular weight excluding hydrogens is 534 g/mol. The molecule has 1 heterocycles. The topological polar surface area (TPSA) is 70.0 Å². The number of imide groups is 1. The molecule has 0 unspecified atom stereocenters. The number of allylic oxidation sites excluding steroid dienone is 2. The molecule has 1 aromatic carbocycles. The van der Waals surface area contributed by atoms with Gasteiger partial charge in [0.1, 0.15) is 5.75 Å². The van der Waals surface area contributed by atoms with Crippen LogP contribution in [0.1, 0.15) is 18.4 Å². The number of carbonyl (C=O) groups excluding carboxylic acids is 2. The largest absolute Gasteiger partial charge is 0.506 e. The van der Waals surface area contributed by atoms with E-state index in [0.717, 1.165) is 23.4 Å². The Morgan fingerprint density at radius 3 is 2.00 bits per heavy atom. The van der Waals surface area contributed by atoms with Crippen molar-refractivity contribution >= 4 is 63.2 Å². The molecule has 1 aliphatic heterocycles. The van der Waals surface area contributed by atoms with Crippen LogP contribution in [0.4, 0.5) is 0 Å². The van der Waals surface area contributed by atoms with E-state index in [1.807, 2.05) is 45.2 Å². The van der Waals surface area contributed by atoms with E-state index >= 15 is 0 Å². The number of hydrogen-bond donors (Lipinski definition) is 1. The summed E-state index contributed by atoms with van der Waals surface area (Å²) >= 11 is 4.08. The van der Waals surface area contributed by atoms with E-state index in [1.54, 1.807) is 12.1 Å². The van der Waals surface area contributed by atoms with Crippen LogP contribution < -0.4 is 0 Å². The van der Waals surface area contributed by atoms with Crippen LogP contribution in [0.3, 0.4) is 0 Å². The molecule has 3 aliphatic carbocycles. The fraction of sp³-hybridized carbons (Fsp3) is 0.353. The van der Waals surface area contributed by atoms with Gasteiger partial charge in [0.25, 0.3) is 11.8 Å². The minimum atomic E-state index is -0.238. The van der Waals surface area contributed by atoms with Gasteiger partial charge in [0.15, 0.2) is 0 Å². The minimum absolute atomic E-state index is 0.173. The summed E-state index contributed by atoms with van der Waals surface area (Å²) in [4.78, 5) is 25.3. The highest BCUT2D eigenvalue weighted by Gasteiger charge is 2.56. The number of hydrazone groups is 1. The van der Waals surface area contributed by atoms with Crippen LogP contribution in [0.15, 0.2) is 29.4 Å². The molecule has 4 aliphatic rings. The lowest BCUT2D eigenvalue weighted by Gasteiger charge is -2.37. The predicted molar refractivity (Wildman–Crippen MR) is 105 cm³/mol. The Labute approximate surface area is 166 Å². The summed E-state index contributed by atoms with van der Waals surface area (Å²) in [5, 5.41) is 15.1. The predicted octanol–water partition coefficient (Wildman–Crippen LogP) is 3.13. The second kappa shape index (κ2) is 6.08. The Morgan fingerprint density at radius 1 is 1.04 bits per heavy atom. The van der Waals surface area contributed by atoms with Gasteiger partial charge in [0.05, 0.1) is 25.2 Å². The summed E-state index contributed by atoms with van der Waals surface area (Å²) < 4.78 is 1.41. The summed E-state index contributed by atoms with van der Waals surface area (Å²) in [6.45, 7) is 0. The Balaban J connectivity index is 1.62. The van der Waals surface area contributed by atoms with E-state index in [1.165, 1.54) is 6.21 Å². The van der Waals surface area contributed by atoms with Gasteiger partial charge in [-0.15, -0.1) is 0 Å². The molecular formula is C17H14I2N2O3. The molecule has 0 aromatic heterocycles. The van der Waals surface area contributed by atoms with Crippen molar-refractivity contribution < 1.29 is 14.7 Å². The fourth-order valence-electron chi connectivity index (χ4n) is 3.96. The Bertz CT molecular complexity index is 750. The molecule has 1 saturated carbocycles. The van der Waals surface area contributed by atoms with E-state index in [9.17, 15) is 14.7 Å². The number of halogens is 2. The van der Waals surface area contributed by atoms with Crippen molar-refractivity contribution in [3.63, 3.8) is 0 Å². The number of phenols is 1. The molecule has 2 fully saturated rings. The van der Waals surface area contributed by atoms with Crippen molar-refractivity contribution in [2.45, 2.75) is 12.8 Å². The van der Waals surface area contributed by atoms with Crippen molar-refractivity contribution in [2.75, 3.05) is 0 Å². The van der Waals surface area contributed by atoms with E-state index < -0.39 is 0 Å². The lowest BCUT2D eigenvalue weighted by Crippen LogP contribution is -2.38. The lowest BCUT2D eigenvalue weighted by molar-refractivity contribution is -0.140. The highest BCUT2D eigenvalue weighted by molar-refractivity contribution is 14.1. The summed E-state index contributed by atoms with van der Waals surface area (Å²) in [6, 6.07) is 3.54. The maximum absolute atomic E-state index is 12.7. The van der Waals surface area contributed by atoms with Crippen LogP contribution in [-0.4, -0.2) is 28.1 Å². The fourth-order valence-corrected chi connectivity index (χ4v) is 5.77. The van der Waals surface area contributed by atoms with Gasteiger partial charge in [-0.2, -0.15) is 10.1 Å². The first-order valence-corrected chi connectivity index (χ1v) is 9.91. The van der Waals surface area contributed by atoms with Crippen LogP contribution >= 0.6 is 45.2 Å². The Kier molecular flexibility index (Phi) is 4.18. The molecule has 0 spiro atoms. The maximum atomic E-state index is 12.7. The third kappa shape index (κ3) is 2.51. The third-order valence-corrected chi connectivity index (χ3v) is 6.74. The molecule has 1 N–H and O–H groups in total. The SMILES string of the molecule is O=C1[C@@H]2[C@@H](C(=O)N1/N=C\c1cc(I)c(O)c(I)c1)[C@H]1C=C[C@H]2CC1. The first kappa shape index (κ1) is 16.5. The summed E-state index contributed by atoms with van der Waals surface area (Å²) in [5.41, 5.74) is 0.748. The highest BCUT2D eigenvalue weighted by Crippen LogP contribution is 2.49. The zero-order valence-corrected chi connectivity index (χ0v) is 16.8. The molecule has 5 nitrogen and oxygen atoms in total. The molecule has 5 rings (SSSR count). The second-order valence-corrected chi connectivity index (χ2v) is 8.73. The number of amides is 2. The molecule has 4 atom stereocenters. The molecule has 1 saturated heterocycles. The van der Waals surface area contributed by atoms with Crippen molar-refractivity contribution in [1.29, 1.82) is 0 Å². The molecule has 2 amide bonds. The molecule has 24 heavy (non-hydrogen) atoms. The average molecular weight is 548 g/mol. The van der Waals surface area contributed by atoms with Crippen LogP contribution in [-0.2, 0) is 9.59 Å². The van der Waals surface area contributed by atoms with E-state index in [2.05, 4.69) is 17.3 Å². The number of rotatable bonds is 2. The number of phenolic OH excluding ortho intramolecular Hbond substituents is 1. The van der Waals surface area contributed by atoms with Gasteiger partial charge in [0.2, 0.25) is 0 Å². The average Bonchev–Trinajstić information content (AvgIpc) is 2.85. The standard InChI is InChI=1S/C17H14I2N2O3/c18-11-5-8(6-12(19)15(11)22)7-20-21-16(23)13-9-1-2-10(4-3-9)14(13)17(21)24/h1-2,5-7,9-10,13-14,22H,3-4H2/b20-7-/t9-,10-,13-,14-/m0/s1. The molecule has 2 bridgehead atoms. The minimum Gasteiger partial charge on any atom is -0.506 e. The number of carbonyl (C=O) groups is 2. The monoisotopic (exact) mass is 548 g/mol. The van der Waals surface area contributed by atoms with Gasteiger partial charge in [-0.25, -0.2) is 0 Å². The van der Waals surface area contributed by atoms with Crippen molar-refractivity contribution in [2.24, 2.45) is 28.8 Å². The van der Waals surface area contributed by atoms with E-state index in [0.29, 0.717) is 7.14 Å². The van der Waals surface area contributed by atoms with Crippen LogP contribution in [0.2, 0.25) is 0 Å². The van der Waals surface area contributed by atoms with Crippen molar-refractivity contribution in [3.05, 3.63) is 37.0 Å². The summed E-state index contributed by atoms with van der Waals surface area (Å²) in [5.74, 6) is -0.251. The smallest absolute Gasteiger partial charge is 0.254 e. The van der Waals surface area contributed by atoms with Crippen LogP contribution in [0, 0.1) is 30.8 Å². The van der Waals surface area contributed by atoms with Gasteiger partial charge in [-0.1, -0.05) is 12.2 Å². The normalized spacial score (nSPS) is 31.3. The molecule has 124 valence electrons. The third-order valence-electron chi connectivity index (χ3n) is 5.10. The Morgan fingerprint density at radius 2 is 1.54 bits per heavy atom. The highest BCUT2D eigenvalue weighted by atomic mass is 127. The number of hydrogen-bond acceptors (Lipinski definition) is 4. The number of aromatic hydroxyl groups is 1. The zero-order chi connectivity index (χ0) is 17.0. The van der Waals surface area contributed by atoms with Gasteiger partial charge in [-0.05, 0) is 87.6 Å². The van der Waals surface area contributed by atoms with Crippen LogP contribution in [0.5, 0.6) is 5.75 Å². The zero-order valence-electron chi connectivity index (χ0n) is 12.5. The van der Waals surface area contributed by atoms with Crippen LogP contribution in [0.25, 0.3) is 0 Å². The first-order valence-electron chi connectivity index (χ1n) is 7.75. The van der Waals surface area contributed by atoms with Crippen molar-refractivity contribution in [3.8, 4) is 5.75 Å². The Hall–Kier alpha value is -0.970. The van der Waals surface area contributed by atoms with E-state index in [-0.39, 0.29) is 41.2 Å². The van der Waals surface area contributed by atoms with Gasteiger partial charge >= 0.3 is 0 Å². The lowest BCUT2D eigenvalue weighted by atomic mass is 9.63. The second-order valence-electron chi connectivity index (χ2n) is 6.41. The molecule has 1 aromatic rings. The summed E-state index contributed by atoms with van der Waals surface area (Å²) in [7, 11) is 0. The maximum Gasteiger partial charge on any atom is 0.254 e. The molecule has 0 radical (unpaired) electrons. The number of fused-ring (bicyclic) bond motifs is 1. The van der Waals surface area contributed by atoms with Crippen molar-refractivity contribution in [1.82, 2.24) is 5.01 Å². The van der Waals surface area contributed by atoms with Gasteiger partial charge < -0.3 is 5.11 Å². The van der Waals surface area contributed by atoms with Gasteiger partial charge in [0, 0.05) is 0 Å². The number of nitrogens with zero attached hydrogens (tertiary/aromatic N) is 2. The molecule has 7 heteroatoms. The quantitative estimate of drug-likeness (QED) is 0.268. The van der Waals surface area contributed by atoms with Gasteiger partial charge in [-0.3, -0.25) is 9.59 Å². The number of benzene rings is 1.